The van der Waals surface area contributed by atoms with Gasteiger partial charge in [-0.05, 0) is 28.1 Å². The third-order valence-electron chi connectivity index (χ3n) is 2.49. The normalized spacial score (nSPS) is 10.2. The summed E-state index contributed by atoms with van der Waals surface area (Å²) in [6, 6.07) is 7.01. The summed E-state index contributed by atoms with van der Waals surface area (Å²) in [5.74, 6) is 0.00204. The first-order chi connectivity index (χ1) is 9.51. The molecule has 0 saturated carbocycles. The smallest absolute Gasteiger partial charge is 0.276 e. The van der Waals surface area contributed by atoms with Gasteiger partial charge in [0.25, 0.3) is 5.69 Å². The average Bonchev–Trinajstić information content (AvgIpc) is 2.42. The first kappa shape index (κ1) is 14.2. The Bertz CT molecular complexity index is 646. The Balaban J connectivity index is 2.43. The SMILES string of the molecule is CNc1cc([N+](=O)[O-])cc(Nc2c(F)cccc2Br)n1. The van der Waals surface area contributed by atoms with E-state index in [0.29, 0.717) is 10.3 Å². The molecule has 1 heterocycles. The Hall–Kier alpha value is -2.22. The zero-order chi connectivity index (χ0) is 14.7. The molecule has 0 aliphatic carbocycles. The van der Waals surface area contributed by atoms with Crippen LogP contribution in [-0.2, 0) is 0 Å². The molecule has 0 unspecified atom stereocenters. The highest BCUT2D eigenvalue weighted by atomic mass is 79.9. The number of halogens is 2. The molecular formula is C12H10BrFN4O2. The lowest BCUT2D eigenvalue weighted by Gasteiger charge is -2.10. The van der Waals surface area contributed by atoms with E-state index in [2.05, 4.69) is 31.5 Å². The van der Waals surface area contributed by atoms with Crippen LogP contribution in [0.25, 0.3) is 0 Å². The van der Waals surface area contributed by atoms with Crippen molar-refractivity contribution in [3.63, 3.8) is 0 Å². The lowest BCUT2D eigenvalue weighted by Crippen LogP contribution is -2.02. The second-order valence-electron chi connectivity index (χ2n) is 3.82. The molecule has 2 rings (SSSR count). The van der Waals surface area contributed by atoms with Crippen LogP contribution in [0.15, 0.2) is 34.8 Å². The van der Waals surface area contributed by atoms with Gasteiger partial charge in [0.05, 0.1) is 22.7 Å². The maximum absolute atomic E-state index is 13.7. The molecule has 0 aliphatic heterocycles. The summed E-state index contributed by atoms with van der Waals surface area (Å²) in [6.45, 7) is 0. The molecule has 0 spiro atoms. The molecule has 6 nitrogen and oxygen atoms in total. The minimum Gasteiger partial charge on any atom is -0.373 e. The molecule has 0 atom stereocenters. The Kier molecular flexibility index (Phi) is 4.14. The van der Waals surface area contributed by atoms with Gasteiger partial charge in [0, 0.05) is 11.5 Å². The van der Waals surface area contributed by atoms with E-state index < -0.39 is 10.7 Å². The van der Waals surface area contributed by atoms with Crippen molar-refractivity contribution in [2.45, 2.75) is 0 Å². The van der Waals surface area contributed by atoms with Gasteiger partial charge in [0.2, 0.25) is 0 Å². The van der Waals surface area contributed by atoms with Crippen LogP contribution in [0.2, 0.25) is 0 Å². The van der Waals surface area contributed by atoms with Crippen LogP contribution in [0.5, 0.6) is 0 Å². The van der Waals surface area contributed by atoms with Crippen molar-refractivity contribution in [1.29, 1.82) is 0 Å². The Morgan fingerprint density at radius 1 is 1.35 bits per heavy atom. The number of anilines is 3. The highest BCUT2D eigenvalue weighted by Crippen LogP contribution is 2.29. The van der Waals surface area contributed by atoms with Gasteiger partial charge < -0.3 is 10.6 Å². The largest absolute Gasteiger partial charge is 0.373 e. The van der Waals surface area contributed by atoms with Crippen molar-refractivity contribution < 1.29 is 9.31 Å². The van der Waals surface area contributed by atoms with E-state index in [1.807, 2.05) is 0 Å². The van der Waals surface area contributed by atoms with Crippen LogP contribution in [-0.4, -0.2) is 17.0 Å². The van der Waals surface area contributed by atoms with Gasteiger partial charge in [-0.1, -0.05) is 6.07 Å². The van der Waals surface area contributed by atoms with Crippen LogP contribution in [0, 0.1) is 15.9 Å². The number of pyridine rings is 1. The van der Waals surface area contributed by atoms with Crippen LogP contribution in [0.1, 0.15) is 0 Å². The quantitative estimate of drug-likeness (QED) is 0.655. The zero-order valence-corrected chi connectivity index (χ0v) is 11.9. The minimum atomic E-state index is -0.538. The van der Waals surface area contributed by atoms with E-state index in [4.69, 9.17) is 0 Å². The molecule has 0 fully saturated rings. The summed E-state index contributed by atoms with van der Waals surface area (Å²) in [4.78, 5) is 14.4. The van der Waals surface area contributed by atoms with Crippen molar-refractivity contribution in [2.24, 2.45) is 0 Å². The van der Waals surface area contributed by atoms with E-state index in [0.717, 1.165) is 0 Å². The highest BCUT2D eigenvalue weighted by molar-refractivity contribution is 9.10. The van der Waals surface area contributed by atoms with Crippen molar-refractivity contribution in [3.05, 3.63) is 50.7 Å². The molecule has 0 amide bonds. The minimum absolute atomic E-state index is 0.140. The molecule has 0 bridgehead atoms. The van der Waals surface area contributed by atoms with Gasteiger partial charge in [0.1, 0.15) is 17.5 Å². The number of aromatic nitrogens is 1. The molecule has 1 aromatic heterocycles. The third-order valence-corrected chi connectivity index (χ3v) is 3.15. The summed E-state index contributed by atoms with van der Waals surface area (Å²) in [5, 5.41) is 16.3. The first-order valence-corrected chi connectivity index (χ1v) is 6.36. The molecule has 8 heteroatoms. The average molecular weight is 341 g/mol. The Labute approximate surface area is 122 Å². The summed E-state index contributed by atoms with van der Waals surface area (Å²) in [6.07, 6.45) is 0. The van der Waals surface area contributed by atoms with E-state index in [1.165, 1.54) is 18.2 Å². The maximum Gasteiger partial charge on any atom is 0.276 e. The predicted octanol–water partition coefficient (Wildman–Crippen LogP) is 3.68. The van der Waals surface area contributed by atoms with Crippen molar-refractivity contribution in [2.75, 3.05) is 17.7 Å². The highest BCUT2D eigenvalue weighted by Gasteiger charge is 2.13. The van der Waals surface area contributed by atoms with Crippen LogP contribution < -0.4 is 10.6 Å². The number of benzene rings is 1. The summed E-state index contributed by atoms with van der Waals surface area (Å²) in [5.41, 5.74) is 0.0295. The fourth-order valence-electron chi connectivity index (χ4n) is 1.56. The van der Waals surface area contributed by atoms with Gasteiger partial charge in [-0.25, -0.2) is 9.37 Å². The zero-order valence-electron chi connectivity index (χ0n) is 10.4. The standard InChI is InChI=1S/C12H10BrFN4O2/c1-15-10-5-7(18(19)20)6-11(16-10)17-12-8(13)3-2-4-9(12)14/h2-6H,1H3,(H2,15,16,17). The number of rotatable bonds is 4. The number of para-hydroxylation sites is 1. The van der Waals surface area contributed by atoms with Crippen LogP contribution >= 0.6 is 15.9 Å². The second kappa shape index (κ2) is 5.83. The Morgan fingerprint density at radius 3 is 2.65 bits per heavy atom. The lowest BCUT2D eigenvalue weighted by molar-refractivity contribution is -0.384. The molecule has 0 saturated heterocycles. The van der Waals surface area contributed by atoms with E-state index in [9.17, 15) is 14.5 Å². The molecule has 2 aromatic rings. The fourth-order valence-corrected chi connectivity index (χ4v) is 2.00. The topological polar surface area (TPSA) is 80.1 Å². The molecule has 20 heavy (non-hydrogen) atoms. The number of nitrogens with one attached hydrogen (secondary N) is 2. The van der Waals surface area contributed by atoms with Gasteiger partial charge in [-0.2, -0.15) is 0 Å². The van der Waals surface area contributed by atoms with Crippen LogP contribution in [0.4, 0.5) is 27.4 Å². The fraction of sp³-hybridized carbons (Fsp3) is 0.0833. The molecule has 1 aromatic carbocycles. The van der Waals surface area contributed by atoms with Gasteiger partial charge >= 0.3 is 0 Å². The maximum atomic E-state index is 13.7. The molecular weight excluding hydrogens is 331 g/mol. The molecule has 104 valence electrons. The molecule has 2 N–H and O–H groups in total. The monoisotopic (exact) mass is 340 g/mol. The first-order valence-electron chi connectivity index (χ1n) is 5.56. The summed E-state index contributed by atoms with van der Waals surface area (Å²) < 4.78 is 14.2. The lowest BCUT2D eigenvalue weighted by atomic mass is 10.3. The molecule has 0 aliphatic rings. The summed E-state index contributed by atoms with van der Waals surface area (Å²) in [7, 11) is 1.59. The second-order valence-corrected chi connectivity index (χ2v) is 4.68. The van der Waals surface area contributed by atoms with Crippen LogP contribution in [0.3, 0.4) is 0 Å². The van der Waals surface area contributed by atoms with Crippen molar-refractivity contribution >= 4 is 38.9 Å². The van der Waals surface area contributed by atoms with Gasteiger partial charge in [-0.3, -0.25) is 10.1 Å². The van der Waals surface area contributed by atoms with E-state index in [1.54, 1.807) is 19.2 Å². The van der Waals surface area contributed by atoms with Gasteiger partial charge in [-0.15, -0.1) is 0 Å². The van der Waals surface area contributed by atoms with E-state index >= 15 is 0 Å². The number of nitrogens with zero attached hydrogens (tertiary/aromatic N) is 2. The predicted molar refractivity (Wildman–Crippen MR) is 77.8 cm³/mol. The van der Waals surface area contributed by atoms with E-state index in [-0.39, 0.29) is 17.2 Å². The third kappa shape index (κ3) is 3.02. The van der Waals surface area contributed by atoms with Crippen molar-refractivity contribution in [1.82, 2.24) is 4.98 Å². The van der Waals surface area contributed by atoms with Crippen molar-refractivity contribution in [3.8, 4) is 0 Å². The summed E-state index contributed by atoms with van der Waals surface area (Å²) >= 11 is 3.21. The number of hydrogen-bond acceptors (Lipinski definition) is 5. The number of nitro groups is 1. The number of hydrogen-bond donors (Lipinski definition) is 2. The van der Waals surface area contributed by atoms with Gasteiger partial charge in [0.15, 0.2) is 0 Å². The Morgan fingerprint density at radius 2 is 2.05 bits per heavy atom. The molecule has 0 radical (unpaired) electrons.